The van der Waals surface area contributed by atoms with E-state index in [1.807, 2.05) is 39.8 Å². The first-order chi connectivity index (χ1) is 15.4. The summed E-state index contributed by atoms with van der Waals surface area (Å²) in [7, 11) is 0. The predicted octanol–water partition coefficient (Wildman–Crippen LogP) is 4.78. The van der Waals surface area contributed by atoms with Gasteiger partial charge in [-0.1, -0.05) is 19.1 Å². The number of hydrogen-bond donors (Lipinski definition) is 3. The molecule has 4 N–H and O–H groups in total. The fourth-order valence-corrected chi connectivity index (χ4v) is 5.26. The molecule has 3 rings (SSSR count). The van der Waals surface area contributed by atoms with Gasteiger partial charge in [0.2, 0.25) is 5.90 Å². The molecule has 9 heteroatoms. The van der Waals surface area contributed by atoms with E-state index >= 15 is 0 Å². The number of nitrogens with two attached hydrogens (primary N) is 1. The average molecular weight is 476 g/mol. The summed E-state index contributed by atoms with van der Waals surface area (Å²) in [4.78, 5) is 24.7. The van der Waals surface area contributed by atoms with Gasteiger partial charge in [-0.15, -0.1) is 0 Å². The van der Waals surface area contributed by atoms with E-state index in [2.05, 4.69) is 4.72 Å². The van der Waals surface area contributed by atoms with Gasteiger partial charge in [-0.2, -0.15) is 0 Å². The van der Waals surface area contributed by atoms with Gasteiger partial charge in [-0.3, -0.25) is 10.2 Å². The number of benzene rings is 1. The van der Waals surface area contributed by atoms with Crippen LogP contribution in [0.25, 0.3) is 0 Å². The molecule has 2 aliphatic rings. The van der Waals surface area contributed by atoms with Gasteiger partial charge in [0, 0.05) is 12.3 Å². The highest BCUT2D eigenvalue weighted by Gasteiger charge is 2.41. The van der Waals surface area contributed by atoms with Crippen molar-refractivity contribution < 1.29 is 23.5 Å². The van der Waals surface area contributed by atoms with Gasteiger partial charge >= 0.3 is 6.09 Å². The lowest BCUT2D eigenvalue weighted by atomic mass is 9.84. The van der Waals surface area contributed by atoms with Crippen LogP contribution in [0.2, 0.25) is 0 Å². The van der Waals surface area contributed by atoms with Crippen LogP contribution < -0.4 is 10.5 Å². The summed E-state index contributed by atoms with van der Waals surface area (Å²) in [5.41, 5.74) is 6.61. The molecule has 0 bridgehead atoms. The molecule has 7 nitrogen and oxygen atoms in total. The van der Waals surface area contributed by atoms with Gasteiger partial charge < -0.3 is 15.2 Å². The van der Waals surface area contributed by atoms with Crippen molar-refractivity contribution in [1.82, 2.24) is 4.72 Å². The number of Topliss-reactive ketones (excluding diaryl/α,β-unsaturated/α-hetero) is 1. The molecule has 1 saturated heterocycles. The SMILES string of the molecule is Cc1ccc(F)c(C(C)C(NSC2=C3OC(C)(C)CC(=O)C3CC=C2)C(=N)OC(N)=O)c1C. The van der Waals surface area contributed by atoms with Gasteiger partial charge in [-0.25, -0.2) is 13.9 Å². The number of carbonyl (C=O) groups is 2. The molecule has 1 aromatic rings. The van der Waals surface area contributed by atoms with Crippen LogP contribution in [0.15, 0.2) is 34.9 Å². The van der Waals surface area contributed by atoms with Crippen molar-refractivity contribution in [2.45, 2.75) is 65.0 Å². The second kappa shape index (κ2) is 9.69. The first kappa shape index (κ1) is 25.0. The predicted molar refractivity (Wildman–Crippen MR) is 126 cm³/mol. The number of nitrogens with one attached hydrogen (secondary N) is 2. The van der Waals surface area contributed by atoms with Gasteiger partial charge in [0.15, 0.2) is 0 Å². The Bertz CT molecular complexity index is 1050. The molecule has 33 heavy (non-hydrogen) atoms. The van der Waals surface area contributed by atoms with Crippen LogP contribution in [0.3, 0.4) is 0 Å². The lowest BCUT2D eigenvalue weighted by molar-refractivity contribution is -0.135. The van der Waals surface area contributed by atoms with E-state index in [1.165, 1.54) is 6.07 Å². The molecule has 178 valence electrons. The highest BCUT2D eigenvalue weighted by atomic mass is 32.2. The van der Waals surface area contributed by atoms with E-state index in [-0.39, 0.29) is 11.7 Å². The molecule has 3 unspecified atom stereocenters. The summed E-state index contributed by atoms with van der Waals surface area (Å²) in [6.07, 6.45) is 3.56. The van der Waals surface area contributed by atoms with E-state index < -0.39 is 35.4 Å². The summed E-state index contributed by atoms with van der Waals surface area (Å²) in [5.74, 6) is -1.04. The summed E-state index contributed by atoms with van der Waals surface area (Å²) >= 11 is 1.16. The maximum absolute atomic E-state index is 14.8. The van der Waals surface area contributed by atoms with Gasteiger partial charge in [0.1, 0.15) is 29.0 Å². The van der Waals surface area contributed by atoms with Crippen LogP contribution in [0, 0.1) is 31.0 Å². The van der Waals surface area contributed by atoms with E-state index in [0.717, 1.165) is 23.1 Å². The quantitative estimate of drug-likeness (QED) is 0.310. The molecule has 1 aliphatic heterocycles. The third-order valence-electron chi connectivity index (χ3n) is 6.05. The van der Waals surface area contributed by atoms with Crippen molar-refractivity contribution in [3.8, 4) is 0 Å². The van der Waals surface area contributed by atoms with Crippen LogP contribution in [0.1, 0.15) is 56.2 Å². The van der Waals surface area contributed by atoms with Crippen LogP contribution in [-0.4, -0.2) is 29.4 Å². The summed E-state index contributed by atoms with van der Waals surface area (Å²) in [6.45, 7) is 9.18. The number of primary amides is 1. The molecule has 1 aliphatic carbocycles. The lowest BCUT2D eigenvalue weighted by Crippen LogP contribution is -2.42. The number of amides is 1. The number of fused-ring (bicyclic) bond motifs is 1. The average Bonchev–Trinajstić information content (AvgIpc) is 2.70. The van der Waals surface area contributed by atoms with E-state index in [1.54, 1.807) is 13.0 Å². The van der Waals surface area contributed by atoms with Gasteiger partial charge in [0.25, 0.3) is 0 Å². The number of hydrogen-bond acceptors (Lipinski definition) is 7. The molecular formula is C24H30FN3O4S. The second-order valence-electron chi connectivity index (χ2n) is 9.10. The van der Waals surface area contributed by atoms with E-state index in [9.17, 15) is 14.0 Å². The smallest absolute Gasteiger partial charge is 0.411 e. The Kier molecular flexibility index (Phi) is 7.33. The minimum atomic E-state index is -1.12. The van der Waals surface area contributed by atoms with E-state index in [4.69, 9.17) is 20.6 Å². The maximum Gasteiger partial charge on any atom is 0.411 e. The molecule has 0 saturated carbocycles. The Labute approximate surface area is 197 Å². The van der Waals surface area contributed by atoms with Crippen molar-refractivity contribution >= 4 is 29.7 Å². The largest absolute Gasteiger partial charge is 0.490 e. The minimum absolute atomic E-state index is 0.121. The molecule has 0 radical (unpaired) electrons. The Balaban J connectivity index is 1.92. The summed E-state index contributed by atoms with van der Waals surface area (Å²) in [5, 5.41) is 8.30. The van der Waals surface area contributed by atoms with Crippen LogP contribution in [0.5, 0.6) is 0 Å². The van der Waals surface area contributed by atoms with Gasteiger partial charge in [0.05, 0.1) is 10.8 Å². The molecule has 1 fully saturated rings. The number of ether oxygens (including phenoxy) is 2. The second-order valence-corrected chi connectivity index (χ2v) is 9.98. The molecule has 1 aromatic carbocycles. The number of carbonyl (C=O) groups excluding carboxylic acids is 2. The highest BCUT2D eigenvalue weighted by Crippen LogP contribution is 2.41. The Morgan fingerprint density at radius 2 is 2.09 bits per heavy atom. The van der Waals surface area contributed by atoms with Crippen LogP contribution >= 0.6 is 11.9 Å². The third-order valence-corrected chi connectivity index (χ3v) is 6.98. The Morgan fingerprint density at radius 3 is 2.76 bits per heavy atom. The zero-order valence-electron chi connectivity index (χ0n) is 19.5. The Morgan fingerprint density at radius 1 is 1.39 bits per heavy atom. The Hall–Kier alpha value is -2.65. The van der Waals surface area contributed by atoms with Crippen molar-refractivity contribution in [2.24, 2.45) is 11.7 Å². The van der Waals surface area contributed by atoms with Crippen molar-refractivity contribution in [3.63, 3.8) is 0 Å². The monoisotopic (exact) mass is 475 g/mol. The van der Waals surface area contributed by atoms with Crippen molar-refractivity contribution in [2.75, 3.05) is 0 Å². The molecular weight excluding hydrogens is 445 g/mol. The topological polar surface area (TPSA) is 114 Å². The highest BCUT2D eigenvalue weighted by molar-refractivity contribution is 8.01. The molecule has 0 aromatic heterocycles. The number of allylic oxidation sites excluding steroid dienone is 3. The van der Waals surface area contributed by atoms with Gasteiger partial charge in [-0.05, 0) is 74.9 Å². The minimum Gasteiger partial charge on any atom is -0.490 e. The summed E-state index contributed by atoms with van der Waals surface area (Å²) in [6, 6.07) is 2.20. The number of aryl methyl sites for hydroxylation is 1. The molecule has 1 amide bonds. The fraction of sp³-hybridized carbons (Fsp3) is 0.458. The molecule has 3 atom stereocenters. The summed E-state index contributed by atoms with van der Waals surface area (Å²) < 4.78 is 28.9. The third kappa shape index (κ3) is 5.47. The van der Waals surface area contributed by atoms with Crippen molar-refractivity contribution in [1.29, 1.82) is 5.41 Å². The van der Waals surface area contributed by atoms with Crippen molar-refractivity contribution in [3.05, 3.63) is 57.5 Å². The molecule has 1 heterocycles. The van der Waals surface area contributed by atoms with Crippen LogP contribution in [-0.2, 0) is 14.3 Å². The fourth-order valence-electron chi connectivity index (χ4n) is 4.24. The maximum atomic E-state index is 14.8. The van der Waals surface area contributed by atoms with Crippen LogP contribution in [0.4, 0.5) is 9.18 Å². The standard InChI is InChI=1S/C24H30FN3O4S/c1-12-9-10-16(25)19(13(12)2)14(3)20(22(26)31-23(27)30)28-33-18-8-6-7-15-17(29)11-24(4,5)32-21(15)18/h6,8-10,14-15,20,26,28H,7,11H2,1-5H3,(H2,27,30). The normalized spacial score (nSPS) is 21.2. The molecule has 0 spiro atoms. The number of rotatable bonds is 6. The first-order valence-electron chi connectivity index (χ1n) is 10.8. The lowest BCUT2D eigenvalue weighted by Gasteiger charge is -2.38. The first-order valence-corrected chi connectivity index (χ1v) is 11.6. The zero-order valence-corrected chi connectivity index (χ0v) is 20.3. The number of halogens is 1. The number of ketones is 1. The van der Waals surface area contributed by atoms with E-state index in [0.29, 0.717) is 29.1 Å². The zero-order chi connectivity index (χ0) is 24.5.